The summed E-state index contributed by atoms with van der Waals surface area (Å²) in [6.45, 7) is 0. The fraction of sp³-hybridized carbons (Fsp3) is 0. The van der Waals surface area contributed by atoms with Gasteiger partial charge >= 0.3 is 0 Å². The maximum atomic E-state index is 10.6. The van der Waals surface area contributed by atoms with Crippen molar-refractivity contribution in [2.45, 2.75) is 0 Å². The zero-order valence-corrected chi connectivity index (χ0v) is 5.31. The Morgan fingerprint density at radius 1 is 1.67 bits per heavy atom. The maximum Gasteiger partial charge on any atom is 0.282 e. The molecule has 4 heteroatoms. The molecule has 3 nitrogen and oxygen atoms in total. The maximum absolute atomic E-state index is 10.6. The lowest BCUT2D eigenvalue weighted by Gasteiger charge is -1.63. The summed E-state index contributed by atoms with van der Waals surface area (Å²) in [5.74, 6) is 0. The van der Waals surface area contributed by atoms with Crippen LogP contribution in [0.1, 0.15) is 0 Å². The minimum absolute atomic E-state index is 0.257. The Kier molecular flexibility index (Phi) is 1.69. The summed E-state index contributed by atoms with van der Waals surface area (Å²) in [6, 6.07) is 3.14. The van der Waals surface area contributed by atoms with Gasteiger partial charge in [-0.25, -0.2) is 5.10 Å². The van der Waals surface area contributed by atoms with Gasteiger partial charge < -0.3 is 0 Å². The Morgan fingerprint density at radius 3 is 3.22 bits per heavy atom. The van der Waals surface area contributed by atoms with E-state index in [0.717, 1.165) is 0 Å². The highest BCUT2D eigenvalue weighted by Gasteiger charge is 1.78. The summed E-state index contributed by atoms with van der Waals surface area (Å²) in [5, 5.41) is 5.72. The number of rotatable bonds is 0. The summed E-state index contributed by atoms with van der Waals surface area (Å²) in [4.78, 5) is 10.6. The van der Waals surface area contributed by atoms with Gasteiger partial charge in [-0.3, -0.25) is 4.79 Å². The lowest BCUT2D eigenvalue weighted by molar-refractivity contribution is 1.01. The van der Waals surface area contributed by atoms with Crippen molar-refractivity contribution in [3.8, 4) is 0 Å². The molecule has 0 unspecified atom stereocenters. The molecule has 1 rings (SSSR count). The molecule has 1 heterocycles. The smallest absolute Gasteiger partial charge is 0.266 e. The van der Waals surface area contributed by atoms with Gasteiger partial charge in [0.25, 0.3) is 5.56 Å². The van der Waals surface area contributed by atoms with Crippen LogP contribution in [0.2, 0.25) is 0 Å². The second-order valence-electron chi connectivity index (χ2n) is 1.44. The SMILES string of the molecule is O=c1[nH]ncccc1=S. The molecule has 9 heavy (non-hydrogen) atoms. The lowest BCUT2D eigenvalue weighted by atomic mass is 10.6. The highest BCUT2D eigenvalue weighted by molar-refractivity contribution is 7.71. The predicted octanol–water partition coefficient (Wildman–Crippen LogP) is 0.499. The molecule has 0 fully saturated rings. The van der Waals surface area contributed by atoms with Crippen LogP contribution in [0, 0.1) is 4.51 Å². The number of H-pyrrole nitrogens is 1. The first kappa shape index (κ1) is 6.10. The Bertz CT molecular complexity index is 276. The van der Waals surface area contributed by atoms with Crippen molar-refractivity contribution in [2.24, 2.45) is 0 Å². The molecule has 0 bridgehead atoms. The van der Waals surface area contributed by atoms with Crippen LogP contribution in [0.4, 0.5) is 0 Å². The summed E-state index contributed by atoms with van der Waals surface area (Å²) in [7, 11) is 0. The fourth-order valence-electron chi connectivity index (χ4n) is 0.400. The third kappa shape index (κ3) is 1.43. The molecule has 1 aromatic heterocycles. The van der Waals surface area contributed by atoms with Crippen LogP contribution in [-0.2, 0) is 0 Å². The molecule has 0 aliphatic heterocycles. The molecular weight excluding hydrogens is 136 g/mol. The number of hydrogen-bond donors (Lipinski definition) is 1. The van der Waals surface area contributed by atoms with E-state index in [2.05, 4.69) is 22.4 Å². The number of nitrogens with one attached hydrogen (secondary N) is 1. The third-order valence-corrected chi connectivity index (χ3v) is 1.12. The van der Waals surface area contributed by atoms with Crippen molar-refractivity contribution in [3.05, 3.63) is 33.2 Å². The topological polar surface area (TPSA) is 45.8 Å². The van der Waals surface area contributed by atoms with Crippen molar-refractivity contribution < 1.29 is 0 Å². The first-order valence-corrected chi connectivity index (χ1v) is 2.75. The lowest BCUT2D eigenvalue weighted by Crippen LogP contribution is -2.01. The van der Waals surface area contributed by atoms with Gasteiger partial charge in [0.05, 0.1) is 0 Å². The number of nitrogens with zero attached hydrogens (tertiary/aromatic N) is 1. The Balaban J connectivity index is 3.62. The fourth-order valence-corrected chi connectivity index (χ4v) is 0.524. The van der Waals surface area contributed by atoms with Crippen LogP contribution in [-0.4, -0.2) is 10.2 Å². The summed E-state index contributed by atoms with van der Waals surface area (Å²) in [5.41, 5.74) is -0.324. The van der Waals surface area contributed by atoms with Gasteiger partial charge in [0.2, 0.25) is 0 Å². The van der Waals surface area contributed by atoms with Crippen molar-refractivity contribution in [1.29, 1.82) is 0 Å². The van der Waals surface area contributed by atoms with Gasteiger partial charge in [0, 0.05) is 6.20 Å². The van der Waals surface area contributed by atoms with Gasteiger partial charge in [-0.1, -0.05) is 12.2 Å². The predicted molar refractivity (Wildman–Crippen MR) is 35.7 cm³/mol. The molecule has 46 valence electrons. The van der Waals surface area contributed by atoms with E-state index in [-0.39, 0.29) is 10.1 Å². The van der Waals surface area contributed by atoms with E-state index >= 15 is 0 Å². The molecular formula is C5H4N2OS. The zero-order chi connectivity index (χ0) is 6.69. The van der Waals surface area contributed by atoms with Crippen LogP contribution < -0.4 is 5.56 Å². The minimum atomic E-state index is -0.324. The van der Waals surface area contributed by atoms with Crippen molar-refractivity contribution >= 4 is 12.2 Å². The average Bonchev–Trinajstić information content (AvgIpc) is 1.99. The summed E-state index contributed by atoms with van der Waals surface area (Å²) >= 11 is 4.64. The molecule has 1 aromatic rings. The van der Waals surface area contributed by atoms with Crippen molar-refractivity contribution in [1.82, 2.24) is 10.2 Å². The van der Waals surface area contributed by atoms with Gasteiger partial charge in [0.15, 0.2) is 0 Å². The van der Waals surface area contributed by atoms with Crippen LogP contribution in [0.3, 0.4) is 0 Å². The standard InChI is InChI=1S/C5H4N2OS/c8-5-4(9)2-1-3-6-7-5/h1-3H,(H,7,8,9). The molecule has 0 atom stereocenters. The molecule has 0 aliphatic carbocycles. The minimum Gasteiger partial charge on any atom is -0.266 e. The number of aromatic amines is 1. The van der Waals surface area contributed by atoms with Crippen LogP contribution >= 0.6 is 12.2 Å². The highest BCUT2D eigenvalue weighted by Crippen LogP contribution is 1.73. The first-order valence-electron chi connectivity index (χ1n) is 2.35. The van der Waals surface area contributed by atoms with Crippen molar-refractivity contribution in [3.63, 3.8) is 0 Å². The Labute approximate surface area is 56.4 Å². The number of aromatic nitrogens is 2. The van der Waals surface area contributed by atoms with E-state index in [1.165, 1.54) is 12.3 Å². The molecule has 0 aliphatic rings. The largest absolute Gasteiger partial charge is 0.282 e. The van der Waals surface area contributed by atoms with Crippen LogP contribution in [0.15, 0.2) is 23.1 Å². The highest BCUT2D eigenvalue weighted by atomic mass is 32.1. The molecule has 0 saturated carbocycles. The van der Waals surface area contributed by atoms with Gasteiger partial charge in [0.1, 0.15) is 4.51 Å². The van der Waals surface area contributed by atoms with E-state index in [0.29, 0.717) is 0 Å². The summed E-state index contributed by atoms with van der Waals surface area (Å²) < 4.78 is 0.257. The Hall–Kier alpha value is -1.03. The second-order valence-corrected chi connectivity index (χ2v) is 1.88. The second kappa shape index (κ2) is 2.50. The van der Waals surface area contributed by atoms with E-state index in [9.17, 15) is 4.79 Å². The van der Waals surface area contributed by atoms with Crippen LogP contribution in [0.25, 0.3) is 0 Å². The molecule has 1 N–H and O–H groups in total. The van der Waals surface area contributed by atoms with E-state index in [1.54, 1.807) is 6.07 Å². The normalized spacial score (nSPS) is 8.89. The zero-order valence-electron chi connectivity index (χ0n) is 4.50. The quantitative estimate of drug-likeness (QED) is 0.534. The third-order valence-electron chi connectivity index (χ3n) is 0.798. The van der Waals surface area contributed by atoms with Crippen molar-refractivity contribution in [2.75, 3.05) is 0 Å². The molecule has 0 aromatic carbocycles. The molecule has 0 radical (unpaired) electrons. The average molecular weight is 140 g/mol. The molecule has 0 amide bonds. The first-order chi connectivity index (χ1) is 4.30. The summed E-state index contributed by atoms with van der Waals surface area (Å²) in [6.07, 6.45) is 1.47. The monoisotopic (exact) mass is 140 g/mol. The van der Waals surface area contributed by atoms with E-state index in [1.807, 2.05) is 0 Å². The van der Waals surface area contributed by atoms with E-state index < -0.39 is 0 Å². The molecule has 0 spiro atoms. The Morgan fingerprint density at radius 2 is 2.44 bits per heavy atom. The van der Waals surface area contributed by atoms with Gasteiger partial charge in [-0.05, 0) is 12.1 Å². The van der Waals surface area contributed by atoms with E-state index in [4.69, 9.17) is 0 Å². The molecule has 0 saturated heterocycles. The van der Waals surface area contributed by atoms with Gasteiger partial charge in [-0.2, -0.15) is 5.10 Å². The van der Waals surface area contributed by atoms with Gasteiger partial charge in [-0.15, -0.1) is 0 Å². The van der Waals surface area contributed by atoms with Crippen LogP contribution in [0.5, 0.6) is 0 Å². The number of hydrogen-bond acceptors (Lipinski definition) is 3.